The van der Waals surface area contributed by atoms with Crippen LogP contribution in [0, 0.1) is 5.92 Å². The number of anilines is 1. The summed E-state index contributed by atoms with van der Waals surface area (Å²) >= 11 is 1.40. The van der Waals surface area contributed by atoms with Crippen molar-refractivity contribution in [1.82, 2.24) is 14.8 Å². The van der Waals surface area contributed by atoms with Crippen LogP contribution in [0.5, 0.6) is 11.8 Å². The molecule has 2 aromatic heterocycles. The smallest absolute Gasteiger partial charge is 0.336 e. The molecular weight excluding hydrogens is 424 g/mol. The molecule has 2 heterocycles. The molecule has 0 fully saturated rings. The van der Waals surface area contributed by atoms with Crippen LogP contribution < -0.4 is 14.8 Å². The molecule has 0 saturated carbocycles. The molecule has 4 rings (SSSR count). The summed E-state index contributed by atoms with van der Waals surface area (Å²) in [5, 5.41) is 9.35. The summed E-state index contributed by atoms with van der Waals surface area (Å²) in [6, 6.07) is 19.1. The first-order chi connectivity index (χ1) is 15.5. The molecule has 32 heavy (non-hydrogen) atoms. The van der Waals surface area contributed by atoms with Crippen LogP contribution in [0.4, 0.5) is 5.69 Å². The van der Waals surface area contributed by atoms with Gasteiger partial charge in [0.2, 0.25) is 0 Å². The van der Waals surface area contributed by atoms with Gasteiger partial charge in [0.25, 0.3) is 5.91 Å². The topological polar surface area (TPSA) is 78.3 Å². The predicted molar refractivity (Wildman–Crippen MR) is 126 cm³/mol. The Morgan fingerprint density at radius 1 is 1.09 bits per heavy atom. The number of rotatable bonds is 8. The van der Waals surface area contributed by atoms with Crippen molar-refractivity contribution in [2.45, 2.75) is 13.8 Å². The number of nitrogens with zero attached hydrogens (tertiary/aromatic N) is 3. The van der Waals surface area contributed by atoms with E-state index in [2.05, 4.69) is 29.2 Å². The van der Waals surface area contributed by atoms with Gasteiger partial charge in [0, 0.05) is 11.3 Å². The fourth-order valence-electron chi connectivity index (χ4n) is 2.99. The van der Waals surface area contributed by atoms with E-state index in [0.29, 0.717) is 34.9 Å². The first kappa shape index (κ1) is 21.6. The first-order valence-corrected chi connectivity index (χ1v) is 11.1. The van der Waals surface area contributed by atoms with Gasteiger partial charge in [0.1, 0.15) is 5.75 Å². The summed E-state index contributed by atoms with van der Waals surface area (Å²) in [5.74, 6) is 1.65. The van der Waals surface area contributed by atoms with Crippen LogP contribution in [0.3, 0.4) is 0 Å². The maximum atomic E-state index is 12.3. The zero-order valence-electron chi connectivity index (χ0n) is 18.1. The molecule has 0 radical (unpaired) electrons. The normalized spacial score (nSPS) is 10.9. The molecule has 0 bridgehead atoms. The predicted octanol–water partition coefficient (Wildman–Crippen LogP) is 5.29. The quantitative estimate of drug-likeness (QED) is 0.396. The molecule has 4 aromatic rings. The van der Waals surface area contributed by atoms with Gasteiger partial charge in [-0.1, -0.05) is 19.9 Å². The van der Waals surface area contributed by atoms with Gasteiger partial charge in [-0.15, -0.1) is 16.4 Å². The fourth-order valence-corrected chi connectivity index (χ4v) is 3.61. The monoisotopic (exact) mass is 448 g/mol. The lowest BCUT2D eigenvalue weighted by molar-refractivity contribution is 0.103. The highest BCUT2D eigenvalue weighted by Crippen LogP contribution is 2.26. The lowest BCUT2D eigenvalue weighted by atomic mass is 10.2. The Hall–Kier alpha value is -3.65. The number of benzene rings is 2. The molecule has 1 N–H and O–H groups in total. The molecule has 0 unspecified atom stereocenters. The van der Waals surface area contributed by atoms with Crippen LogP contribution in [0.2, 0.25) is 0 Å². The van der Waals surface area contributed by atoms with Gasteiger partial charge >= 0.3 is 6.01 Å². The molecule has 0 aliphatic rings. The summed E-state index contributed by atoms with van der Waals surface area (Å²) < 4.78 is 12.8. The highest BCUT2D eigenvalue weighted by molar-refractivity contribution is 7.12. The van der Waals surface area contributed by atoms with Crippen LogP contribution in [0.1, 0.15) is 23.5 Å². The largest absolute Gasteiger partial charge is 0.497 e. The lowest BCUT2D eigenvalue weighted by Crippen LogP contribution is -2.10. The standard InChI is InChI=1S/C24H24N4O3S/c1-16(2)15-31-24-26-22(17-6-12-20(30-3)13-7-17)28(27-24)19-10-8-18(9-11-19)25-23(29)21-5-4-14-32-21/h4-14,16H,15H2,1-3H3,(H,25,29). The summed E-state index contributed by atoms with van der Waals surface area (Å²) in [7, 11) is 1.63. The number of carbonyl (C=O) groups is 1. The van der Waals surface area contributed by atoms with E-state index in [9.17, 15) is 4.79 Å². The molecule has 1 amide bonds. The molecule has 0 atom stereocenters. The Morgan fingerprint density at radius 2 is 1.84 bits per heavy atom. The minimum atomic E-state index is -0.128. The molecule has 164 valence electrons. The third kappa shape index (κ3) is 4.97. The number of nitrogens with one attached hydrogen (secondary N) is 1. The van der Waals surface area contributed by atoms with Crippen LogP contribution >= 0.6 is 11.3 Å². The van der Waals surface area contributed by atoms with Crippen molar-refractivity contribution >= 4 is 22.9 Å². The Balaban J connectivity index is 1.62. The maximum Gasteiger partial charge on any atom is 0.336 e. The van der Waals surface area contributed by atoms with E-state index in [1.54, 1.807) is 17.9 Å². The Bertz CT molecular complexity index is 1170. The van der Waals surface area contributed by atoms with E-state index < -0.39 is 0 Å². The number of hydrogen-bond acceptors (Lipinski definition) is 6. The SMILES string of the molecule is COc1ccc(-c2nc(OCC(C)C)nn2-c2ccc(NC(=O)c3cccs3)cc2)cc1. The second-order valence-corrected chi connectivity index (χ2v) is 8.49. The average Bonchev–Trinajstić information content (AvgIpc) is 3.49. The number of methoxy groups -OCH3 is 1. The van der Waals surface area contributed by atoms with Crippen molar-refractivity contribution in [1.29, 1.82) is 0 Å². The van der Waals surface area contributed by atoms with Crippen molar-refractivity contribution in [3.8, 4) is 28.8 Å². The van der Waals surface area contributed by atoms with Crippen molar-refractivity contribution in [3.63, 3.8) is 0 Å². The van der Waals surface area contributed by atoms with Gasteiger partial charge < -0.3 is 14.8 Å². The van der Waals surface area contributed by atoms with E-state index in [0.717, 1.165) is 17.0 Å². The average molecular weight is 449 g/mol. The van der Waals surface area contributed by atoms with E-state index >= 15 is 0 Å². The van der Waals surface area contributed by atoms with Gasteiger partial charge in [0.05, 0.1) is 24.3 Å². The third-order valence-electron chi connectivity index (χ3n) is 4.60. The molecule has 0 spiro atoms. The van der Waals surface area contributed by atoms with Crippen molar-refractivity contribution < 1.29 is 14.3 Å². The fraction of sp³-hybridized carbons (Fsp3) is 0.208. The molecule has 0 saturated heterocycles. The van der Waals surface area contributed by atoms with Gasteiger partial charge in [-0.05, 0) is 65.9 Å². The molecular formula is C24H24N4O3S. The molecule has 0 aliphatic heterocycles. The number of carbonyl (C=O) groups excluding carboxylic acids is 1. The number of aromatic nitrogens is 3. The maximum absolute atomic E-state index is 12.3. The minimum Gasteiger partial charge on any atom is -0.497 e. The van der Waals surface area contributed by atoms with Crippen LogP contribution in [0.15, 0.2) is 66.0 Å². The zero-order chi connectivity index (χ0) is 22.5. The first-order valence-electron chi connectivity index (χ1n) is 10.2. The minimum absolute atomic E-state index is 0.128. The number of thiophene rings is 1. The van der Waals surface area contributed by atoms with E-state index in [4.69, 9.17) is 9.47 Å². The summed E-state index contributed by atoms with van der Waals surface area (Å²) in [4.78, 5) is 17.6. The number of ether oxygens (including phenoxy) is 2. The lowest BCUT2D eigenvalue weighted by Gasteiger charge is -2.08. The second kappa shape index (κ2) is 9.65. The van der Waals surface area contributed by atoms with Gasteiger partial charge in [0.15, 0.2) is 5.82 Å². The van der Waals surface area contributed by atoms with E-state index in [1.807, 2.05) is 60.0 Å². The van der Waals surface area contributed by atoms with Crippen LogP contribution in [-0.2, 0) is 0 Å². The molecule has 2 aromatic carbocycles. The zero-order valence-corrected chi connectivity index (χ0v) is 18.9. The van der Waals surface area contributed by atoms with Crippen LogP contribution in [0.25, 0.3) is 17.1 Å². The van der Waals surface area contributed by atoms with Gasteiger partial charge in [-0.25, -0.2) is 4.68 Å². The Morgan fingerprint density at radius 3 is 2.47 bits per heavy atom. The van der Waals surface area contributed by atoms with Gasteiger partial charge in [-0.2, -0.15) is 4.98 Å². The highest BCUT2D eigenvalue weighted by Gasteiger charge is 2.16. The third-order valence-corrected chi connectivity index (χ3v) is 5.47. The number of amides is 1. The summed E-state index contributed by atoms with van der Waals surface area (Å²) in [6.45, 7) is 4.68. The van der Waals surface area contributed by atoms with Crippen molar-refractivity contribution in [2.24, 2.45) is 5.92 Å². The molecule has 8 heteroatoms. The van der Waals surface area contributed by atoms with Crippen LogP contribution in [-0.4, -0.2) is 34.4 Å². The van der Waals surface area contributed by atoms with Crippen molar-refractivity contribution in [2.75, 3.05) is 19.0 Å². The molecule has 7 nitrogen and oxygen atoms in total. The Labute approximate surface area is 190 Å². The van der Waals surface area contributed by atoms with Gasteiger partial charge in [-0.3, -0.25) is 4.79 Å². The Kier molecular flexibility index (Phi) is 6.51. The summed E-state index contributed by atoms with van der Waals surface area (Å²) in [5.41, 5.74) is 2.39. The number of hydrogen-bond donors (Lipinski definition) is 1. The molecule has 0 aliphatic carbocycles. The highest BCUT2D eigenvalue weighted by atomic mass is 32.1. The summed E-state index contributed by atoms with van der Waals surface area (Å²) in [6.07, 6.45) is 0. The van der Waals surface area contributed by atoms with E-state index in [1.165, 1.54) is 11.3 Å². The second-order valence-electron chi connectivity index (χ2n) is 7.54. The van der Waals surface area contributed by atoms with E-state index in [-0.39, 0.29) is 5.91 Å². The van der Waals surface area contributed by atoms with Crippen molar-refractivity contribution in [3.05, 3.63) is 70.9 Å².